The Bertz CT molecular complexity index is 268. The molecule has 0 saturated carbocycles. The Morgan fingerprint density at radius 1 is 0.444 bits per heavy atom. The highest BCUT2D eigenvalue weighted by Crippen LogP contribution is 2.16. The lowest BCUT2D eigenvalue weighted by Crippen LogP contribution is -2.09. The predicted molar refractivity (Wildman–Crippen MR) is 129 cm³/mol. The van der Waals surface area contributed by atoms with Crippen molar-refractivity contribution in [2.45, 2.75) is 153 Å². The third kappa shape index (κ3) is 22.4. The zero-order valence-corrected chi connectivity index (χ0v) is 20.7. The fraction of sp³-hybridized carbons (Fsp3) is 0.923. The van der Waals surface area contributed by atoms with Gasteiger partial charge in [0.1, 0.15) is 0 Å². The van der Waals surface area contributed by atoms with Gasteiger partial charge in [0, 0.05) is 0 Å². The van der Waals surface area contributed by atoms with Crippen molar-refractivity contribution in [3.05, 3.63) is 11.0 Å². The molecule has 0 fully saturated rings. The van der Waals surface area contributed by atoms with Gasteiger partial charge in [-0.05, 0) is 12.8 Å². The SMILES string of the molecule is CCCCCCCC/C=[CH]\[Al]([CH2]CCCCCCC)[CH2]CCCCCCC. The van der Waals surface area contributed by atoms with Crippen LogP contribution < -0.4 is 0 Å². The molecule has 0 aromatic carbocycles. The molecule has 0 bridgehead atoms. The first-order valence-corrected chi connectivity index (χ1v) is 15.3. The topological polar surface area (TPSA) is 0 Å². The van der Waals surface area contributed by atoms with Gasteiger partial charge in [-0.25, -0.2) is 0 Å². The van der Waals surface area contributed by atoms with Crippen LogP contribution in [0.4, 0.5) is 0 Å². The first-order chi connectivity index (χ1) is 13.3. The highest BCUT2D eigenvalue weighted by atomic mass is 27.2. The van der Waals surface area contributed by atoms with E-state index in [0.717, 1.165) is 0 Å². The zero-order chi connectivity index (χ0) is 19.8. The van der Waals surface area contributed by atoms with Gasteiger partial charge >= 0.3 is 0 Å². The van der Waals surface area contributed by atoms with E-state index in [1.54, 1.807) is 10.6 Å². The van der Waals surface area contributed by atoms with Crippen LogP contribution in [0.15, 0.2) is 11.0 Å². The quantitative estimate of drug-likeness (QED) is 0.127. The van der Waals surface area contributed by atoms with Crippen molar-refractivity contribution in [3.8, 4) is 0 Å². The molecule has 1 heteroatoms. The first-order valence-electron chi connectivity index (χ1n) is 13.0. The Balaban J connectivity index is 3.90. The van der Waals surface area contributed by atoms with Gasteiger partial charge in [-0.1, -0.05) is 140 Å². The average Bonchev–Trinajstić information content (AvgIpc) is 2.68. The molecule has 160 valence electrons. The number of hydrogen-bond acceptors (Lipinski definition) is 0. The van der Waals surface area contributed by atoms with E-state index in [1.807, 2.05) is 0 Å². The maximum Gasteiger partial charge on any atom is 0.294 e. The van der Waals surface area contributed by atoms with Crippen molar-refractivity contribution in [1.82, 2.24) is 0 Å². The molecule has 0 heterocycles. The molecule has 0 rings (SSSR count). The summed E-state index contributed by atoms with van der Waals surface area (Å²) in [7, 11) is 0. The maximum atomic E-state index is 2.74. The zero-order valence-electron chi connectivity index (χ0n) is 19.6. The summed E-state index contributed by atoms with van der Waals surface area (Å²) < 4.78 is 0. The van der Waals surface area contributed by atoms with Crippen LogP contribution in [-0.2, 0) is 0 Å². The Morgan fingerprint density at radius 3 is 1.26 bits per heavy atom. The van der Waals surface area contributed by atoms with Gasteiger partial charge in [0.15, 0.2) is 0 Å². The van der Waals surface area contributed by atoms with Gasteiger partial charge in [-0.15, -0.1) is 11.0 Å². The highest BCUT2D eigenvalue weighted by molar-refractivity contribution is 6.64. The number of rotatable bonds is 22. The van der Waals surface area contributed by atoms with Crippen LogP contribution in [0, 0.1) is 0 Å². The summed E-state index contributed by atoms with van der Waals surface area (Å²) in [6.45, 7) is 6.94. The van der Waals surface area contributed by atoms with Crippen molar-refractivity contribution in [1.29, 1.82) is 0 Å². The number of hydrogen-bond donors (Lipinski definition) is 0. The van der Waals surface area contributed by atoms with Crippen molar-refractivity contribution in [2.24, 2.45) is 0 Å². The molecule has 0 saturated heterocycles. The second kappa shape index (κ2) is 24.3. The fourth-order valence-electron chi connectivity index (χ4n) is 4.04. The van der Waals surface area contributed by atoms with Crippen molar-refractivity contribution < 1.29 is 0 Å². The monoisotopic (exact) mass is 392 g/mol. The molecule has 0 aliphatic carbocycles. The lowest BCUT2D eigenvalue weighted by atomic mass is 10.1. The summed E-state index contributed by atoms with van der Waals surface area (Å²) in [6.07, 6.45) is 30.0. The Kier molecular flexibility index (Phi) is 24.6. The van der Waals surface area contributed by atoms with Crippen LogP contribution in [0.5, 0.6) is 0 Å². The second-order valence-electron chi connectivity index (χ2n) is 8.86. The molecule has 0 nitrogen and oxygen atoms in total. The van der Waals surface area contributed by atoms with Crippen LogP contribution in [0.2, 0.25) is 10.6 Å². The largest absolute Gasteiger partial charge is 0.294 e. The molecule has 0 aromatic heterocycles. The number of allylic oxidation sites excluding steroid dienone is 1. The van der Waals surface area contributed by atoms with Crippen LogP contribution in [0.1, 0.15) is 143 Å². The third-order valence-corrected chi connectivity index (χ3v) is 9.11. The predicted octanol–water partition coefficient (Wildman–Crippen LogP) is 10.0. The van der Waals surface area contributed by atoms with Gasteiger partial charge in [-0.2, -0.15) is 0 Å². The van der Waals surface area contributed by atoms with Gasteiger partial charge in [0.05, 0.1) is 0 Å². The molecule has 0 aliphatic rings. The van der Waals surface area contributed by atoms with E-state index in [2.05, 4.69) is 31.8 Å². The first kappa shape index (κ1) is 27.3. The molecule has 0 aliphatic heterocycles. The highest BCUT2D eigenvalue weighted by Gasteiger charge is 2.12. The smallest absolute Gasteiger partial charge is 0.148 e. The fourth-order valence-corrected chi connectivity index (χ4v) is 6.92. The lowest BCUT2D eigenvalue weighted by molar-refractivity contribution is 0.611. The molecule has 0 spiro atoms. The molecule has 0 N–H and O–H groups in total. The summed E-state index contributed by atoms with van der Waals surface area (Å²) in [5.41, 5.74) is 0. The summed E-state index contributed by atoms with van der Waals surface area (Å²) in [5, 5.41) is 3.15. The van der Waals surface area contributed by atoms with E-state index >= 15 is 0 Å². The standard InChI is InChI=1S/C10H19.2C8H17.Al/c1-3-5-7-9-10-8-6-4-2;2*1-3-5-7-8-6-4-2;/h1,3H,4-10H2,2H3;2*1,3-8H2,2H3;. The molecule has 0 radical (unpaired) electrons. The van der Waals surface area contributed by atoms with E-state index in [9.17, 15) is 0 Å². The van der Waals surface area contributed by atoms with Gasteiger partial charge in [0.25, 0.3) is 14.1 Å². The van der Waals surface area contributed by atoms with Crippen LogP contribution in [0.25, 0.3) is 0 Å². The van der Waals surface area contributed by atoms with Crippen molar-refractivity contribution in [3.63, 3.8) is 0 Å². The lowest BCUT2D eigenvalue weighted by Gasteiger charge is -2.08. The average molecular weight is 393 g/mol. The number of unbranched alkanes of at least 4 members (excludes halogenated alkanes) is 16. The van der Waals surface area contributed by atoms with Crippen LogP contribution in [0.3, 0.4) is 0 Å². The minimum atomic E-state index is -0.602. The van der Waals surface area contributed by atoms with Crippen LogP contribution >= 0.6 is 0 Å². The molecule has 27 heavy (non-hydrogen) atoms. The molecule has 0 amide bonds. The van der Waals surface area contributed by atoms with Crippen molar-refractivity contribution in [2.75, 3.05) is 0 Å². The summed E-state index contributed by atoms with van der Waals surface area (Å²) >= 11 is -0.602. The van der Waals surface area contributed by atoms with Crippen molar-refractivity contribution >= 4 is 14.1 Å². The minimum Gasteiger partial charge on any atom is -0.148 e. The third-order valence-electron chi connectivity index (χ3n) is 5.99. The van der Waals surface area contributed by atoms with Crippen LogP contribution in [-0.4, -0.2) is 14.1 Å². The van der Waals surface area contributed by atoms with E-state index in [4.69, 9.17) is 0 Å². The second-order valence-corrected chi connectivity index (χ2v) is 11.9. The Hall–Kier alpha value is 0.272. The molecule has 0 atom stereocenters. The summed E-state index contributed by atoms with van der Waals surface area (Å²) in [5.74, 6) is 0. The van der Waals surface area contributed by atoms with Gasteiger partial charge in [-0.3, -0.25) is 0 Å². The van der Waals surface area contributed by atoms with E-state index < -0.39 is 14.1 Å². The Labute approximate surface area is 178 Å². The molecular formula is C26H53Al. The van der Waals surface area contributed by atoms with Gasteiger partial charge < -0.3 is 0 Å². The summed E-state index contributed by atoms with van der Waals surface area (Å²) in [6, 6.07) is 0. The molecule has 0 unspecified atom stereocenters. The molecular weight excluding hydrogens is 339 g/mol. The van der Waals surface area contributed by atoms with E-state index in [1.165, 1.54) is 122 Å². The van der Waals surface area contributed by atoms with E-state index in [0.29, 0.717) is 0 Å². The minimum absolute atomic E-state index is 0.602. The Morgan fingerprint density at radius 2 is 0.815 bits per heavy atom. The van der Waals surface area contributed by atoms with E-state index in [-0.39, 0.29) is 0 Å². The van der Waals surface area contributed by atoms with Gasteiger partial charge in [0.2, 0.25) is 0 Å². The normalized spacial score (nSPS) is 11.5. The summed E-state index contributed by atoms with van der Waals surface area (Å²) in [4.78, 5) is 2.74. The molecule has 0 aromatic rings. The maximum absolute atomic E-state index is 2.74.